The largest absolute Gasteiger partial charge is 0.367 e. The predicted molar refractivity (Wildman–Crippen MR) is 63.4 cm³/mol. The highest BCUT2D eigenvalue weighted by Crippen LogP contribution is 2.38. The van der Waals surface area contributed by atoms with Gasteiger partial charge in [0.2, 0.25) is 11.7 Å². The Morgan fingerprint density at radius 3 is 2.76 bits per heavy atom. The molecule has 2 rings (SSSR count). The maximum absolute atomic E-state index is 5.93. The summed E-state index contributed by atoms with van der Waals surface area (Å²) in [6, 6.07) is 0. The van der Waals surface area contributed by atoms with Crippen LogP contribution in [0.5, 0.6) is 0 Å². The van der Waals surface area contributed by atoms with Gasteiger partial charge in [0.1, 0.15) is 5.60 Å². The Morgan fingerprint density at radius 1 is 1.35 bits per heavy atom. The van der Waals surface area contributed by atoms with E-state index in [1.54, 1.807) is 0 Å². The molecule has 5 heteroatoms. The molecule has 5 nitrogen and oxygen atoms in total. The summed E-state index contributed by atoms with van der Waals surface area (Å²) in [5, 5.41) is 4.08. The first-order chi connectivity index (χ1) is 8.30. The molecule has 0 aliphatic heterocycles. The van der Waals surface area contributed by atoms with Crippen molar-refractivity contribution in [2.45, 2.75) is 51.0 Å². The van der Waals surface area contributed by atoms with Crippen molar-refractivity contribution in [2.75, 3.05) is 13.2 Å². The number of ether oxygens (including phenoxy) is 1. The number of rotatable bonds is 5. The van der Waals surface area contributed by atoms with Gasteiger partial charge in [-0.1, -0.05) is 24.4 Å². The molecule has 0 radical (unpaired) electrons. The van der Waals surface area contributed by atoms with Crippen molar-refractivity contribution < 1.29 is 9.26 Å². The Bertz CT molecular complexity index is 340. The lowest BCUT2D eigenvalue weighted by atomic mass is 9.84. The van der Waals surface area contributed by atoms with Crippen molar-refractivity contribution in [3.63, 3.8) is 0 Å². The number of nitrogens with two attached hydrogens (primary N) is 1. The maximum Gasteiger partial charge on any atom is 0.228 e. The van der Waals surface area contributed by atoms with Gasteiger partial charge in [-0.3, -0.25) is 0 Å². The van der Waals surface area contributed by atoms with Crippen LogP contribution in [-0.4, -0.2) is 23.3 Å². The molecule has 1 aromatic rings. The highest BCUT2D eigenvalue weighted by Gasteiger charge is 2.39. The Hall–Kier alpha value is -0.940. The van der Waals surface area contributed by atoms with Crippen molar-refractivity contribution in [1.82, 2.24) is 10.1 Å². The molecule has 0 amide bonds. The minimum absolute atomic E-state index is 0.316. The Morgan fingerprint density at radius 2 is 2.12 bits per heavy atom. The van der Waals surface area contributed by atoms with Gasteiger partial charge in [-0.05, 0) is 19.8 Å². The second-order valence-corrected chi connectivity index (χ2v) is 4.54. The van der Waals surface area contributed by atoms with Crippen LogP contribution in [0.15, 0.2) is 4.52 Å². The van der Waals surface area contributed by atoms with E-state index in [2.05, 4.69) is 10.1 Å². The van der Waals surface area contributed by atoms with Crippen LogP contribution < -0.4 is 5.73 Å². The van der Waals surface area contributed by atoms with Gasteiger partial charge >= 0.3 is 0 Å². The van der Waals surface area contributed by atoms with Crippen molar-refractivity contribution in [2.24, 2.45) is 5.73 Å². The van der Waals surface area contributed by atoms with E-state index in [0.717, 1.165) is 12.8 Å². The molecular formula is C12H21N3O2. The predicted octanol–water partition coefficient (Wildman–Crippen LogP) is 1.77. The second-order valence-electron chi connectivity index (χ2n) is 4.54. The molecule has 1 aromatic heterocycles. The molecule has 96 valence electrons. The normalized spacial score (nSPS) is 19.4. The molecule has 17 heavy (non-hydrogen) atoms. The lowest BCUT2D eigenvalue weighted by Crippen LogP contribution is -2.33. The zero-order valence-electron chi connectivity index (χ0n) is 10.4. The van der Waals surface area contributed by atoms with E-state index in [4.69, 9.17) is 15.0 Å². The maximum atomic E-state index is 5.93. The van der Waals surface area contributed by atoms with E-state index in [-0.39, 0.29) is 5.60 Å². The summed E-state index contributed by atoms with van der Waals surface area (Å²) in [6.45, 7) is 3.22. The van der Waals surface area contributed by atoms with Crippen molar-refractivity contribution >= 4 is 0 Å². The molecule has 2 N–H and O–H groups in total. The zero-order chi connectivity index (χ0) is 12.1. The fourth-order valence-corrected chi connectivity index (χ4v) is 2.50. The summed E-state index contributed by atoms with van der Waals surface area (Å²) in [5.74, 6) is 1.33. The molecule has 0 spiro atoms. The van der Waals surface area contributed by atoms with Gasteiger partial charge in [0, 0.05) is 19.6 Å². The van der Waals surface area contributed by atoms with E-state index in [0.29, 0.717) is 31.3 Å². The van der Waals surface area contributed by atoms with E-state index in [1.165, 1.54) is 19.3 Å². The quantitative estimate of drug-likeness (QED) is 0.847. The van der Waals surface area contributed by atoms with Crippen LogP contribution in [0.2, 0.25) is 0 Å². The molecular weight excluding hydrogens is 218 g/mol. The molecule has 1 aliphatic rings. The van der Waals surface area contributed by atoms with Crippen LogP contribution in [0.1, 0.15) is 50.7 Å². The Balaban J connectivity index is 2.18. The SMILES string of the molecule is CCOC1(c2noc(CCN)n2)CCCCC1. The van der Waals surface area contributed by atoms with Gasteiger partial charge in [-0.2, -0.15) is 4.98 Å². The smallest absolute Gasteiger partial charge is 0.228 e. The number of hydrogen-bond acceptors (Lipinski definition) is 5. The minimum Gasteiger partial charge on any atom is -0.367 e. The van der Waals surface area contributed by atoms with Gasteiger partial charge in [0.05, 0.1) is 0 Å². The fourth-order valence-electron chi connectivity index (χ4n) is 2.50. The third kappa shape index (κ3) is 2.66. The zero-order valence-corrected chi connectivity index (χ0v) is 10.4. The molecule has 0 unspecified atom stereocenters. The van der Waals surface area contributed by atoms with E-state index in [9.17, 15) is 0 Å². The number of aromatic nitrogens is 2. The lowest BCUT2D eigenvalue weighted by Gasteiger charge is -2.33. The summed E-state index contributed by atoms with van der Waals surface area (Å²) in [7, 11) is 0. The molecule has 0 aromatic carbocycles. The van der Waals surface area contributed by atoms with Gasteiger partial charge in [-0.15, -0.1) is 0 Å². The van der Waals surface area contributed by atoms with Gasteiger partial charge in [0.15, 0.2) is 0 Å². The summed E-state index contributed by atoms with van der Waals surface area (Å²) in [5.41, 5.74) is 5.16. The van der Waals surface area contributed by atoms with Crippen LogP contribution >= 0.6 is 0 Å². The average molecular weight is 239 g/mol. The van der Waals surface area contributed by atoms with Crippen LogP contribution in [0.3, 0.4) is 0 Å². The monoisotopic (exact) mass is 239 g/mol. The van der Waals surface area contributed by atoms with Crippen LogP contribution in [-0.2, 0) is 16.8 Å². The number of nitrogens with zero attached hydrogens (tertiary/aromatic N) is 2. The molecule has 0 bridgehead atoms. The lowest BCUT2D eigenvalue weighted by molar-refractivity contribution is -0.0777. The van der Waals surface area contributed by atoms with Gasteiger partial charge in [-0.25, -0.2) is 0 Å². The highest BCUT2D eigenvalue weighted by atomic mass is 16.5. The first-order valence-electron chi connectivity index (χ1n) is 6.48. The third-order valence-electron chi connectivity index (χ3n) is 3.32. The summed E-state index contributed by atoms with van der Waals surface area (Å²) in [6.07, 6.45) is 6.21. The highest BCUT2D eigenvalue weighted by molar-refractivity contribution is 5.03. The van der Waals surface area contributed by atoms with Crippen LogP contribution in [0.4, 0.5) is 0 Å². The van der Waals surface area contributed by atoms with E-state index < -0.39 is 0 Å². The first kappa shape index (κ1) is 12.5. The number of hydrogen-bond donors (Lipinski definition) is 1. The molecule has 1 heterocycles. The Labute approximate surface area is 102 Å². The standard InChI is InChI=1S/C12H21N3O2/c1-2-16-12(7-4-3-5-8-12)11-14-10(6-9-13)17-15-11/h2-9,13H2,1H3. The molecule has 1 fully saturated rings. The molecule has 1 aliphatic carbocycles. The van der Waals surface area contributed by atoms with Crippen molar-refractivity contribution in [3.05, 3.63) is 11.7 Å². The molecule has 1 saturated carbocycles. The van der Waals surface area contributed by atoms with E-state index in [1.807, 2.05) is 6.92 Å². The third-order valence-corrected chi connectivity index (χ3v) is 3.32. The van der Waals surface area contributed by atoms with Crippen LogP contribution in [0, 0.1) is 0 Å². The van der Waals surface area contributed by atoms with Crippen molar-refractivity contribution in [1.29, 1.82) is 0 Å². The summed E-state index contributed by atoms with van der Waals surface area (Å²) in [4.78, 5) is 4.43. The van der Waals surface area contributed by atoms with Gasteiger partial charge in [0.25, 0.3) is 0 Å². The van der Waals surface area contributed by atoms with Crippen molar-refractivity contribution in [3.8, 4) is 0 Å². The van der Waals surface area contributed by atoms with Crippen LogP contribution in [0.25, 0.3) is 0 Å². The average Bonchev–Trinajstić information content (AvgIpc) is 2.80. The Kier molecular flexibility index (Phi) is 4.12. The molecule has 0 saturated heterocycles. The van der Waals surface area contributed by atoms with Gasteiger partial charge < -0.3 is 15.0 Å². The minimum atomic E-state index is -0.316. The summed E-state index contributed by atoms with van der Waals surface area (Å²) >= 11 is 0. The summed E-state index contributed by atoms with van der Waals surface area (Å²) < 4.78 is 11.1. The fraction of sp³-hybridized carbons (Fsp3) is 0.833. The van der Waals surface area contributed by atoms with E-state index >= 15 is 0 Å². The topological polar surface area (TPSA) is 74.2 Å². The molecule has 0 atom stereocenters. The first-order valence-corrected chi connectivity index (χ1v) is 6.48. The second kappa shape index (κ2) is 5.60.